The Bertz CT molecular complexity index is 795. The van der Waals surface area contributed by atoms with Crippen LogP contribution >= 0.6 is 0 Å². The highest BCUT2D eigenvalue weighted by Gasteiger charge is 2.30. The molecule has 0 spiro atoms. The third-order valence-electron chi connectivity index (χ3n) is 3.17. The quantitative estimate of drug-likeness (QED) is 0.739. The van der Waals surface area contributed by atoms with Crippen molar-refractivity contribution in [1.82, 2.24) is 9.97 Å². The molecule has 0 saturated heterocycles. The van der Waals surface area contributed by atoms with Crippen LogP contribution in [-0.4, -0.2) is 9.97 Å². The van der Waals surface area contributed by atoms with E-state index in [9.17, 15) is 13.2 Å². The number of rotatable bonds is 1. The third-order valence-corrected chi connectivity index (χ3v) is 3.17. The summed E-state index contributed by atoms with van der Waals surface area (Å²) in [7, 11) is 0. The average molecular weight is 289 g/mol. The van der Waals surface area contributed by atoms with Gasteiger partial charge in [-0.2, -0.15) is 13.2 Å². The van der Waals surface area contributed by atoms with E-state index in [0.717, 1.165) is 22.9 Å². The fourth-order valence-corrected chi connectivity index (χ4v) is 2.10. The van der Waals surface area contributed by atoms with E-state index in [2.05, 4.69) is 9.97 Å². The monoisotopic (exact) mass is 289 g/mol. The predicted molar refractivity (Wildman–Crippen MR) is 74.4 cm³/mol. The lowest BCUT2D eigenvalue weighted by molar-refractivity contribution is -0.137. The molecule has 106 valence electrons. The van der Waals surface area contributed by atoms with Crippen molar-refractivity contribution in [1.29, 1.82) is 0 Å². The lowest BCUT2D eigenvalue weighted by Gasteiger charge is -2.09. The summed E-state index contributed by atoms with van der Waals surface area (Å²) >= 11 is 0. The highest BCUT2D eigenvalue weighted by atomic mass is 19.4. The second-order valence-corrected chi connectivity index (χ2v) is 4.56. The van der Waals surface area contributed by atoms with Crippen molar-refractivity contribution in [3.8, 4) is 11.3 Å². The van der Waals surface area contributed by atoms with Gasteiger partial charge in [0.2, 0.25) is 0 Å². The molecule has 0 fully saturated rings. The van der Waals surface area contributed by atoms with Gasteiger partial charge < -0.3 is 5.73 Å². The number of pyridine rings is 2. The molecule has 0 amide bonds. The number of anilines is 1. The van der Waals surface area contributed by atoms with Gasteiger partial charge in [-0.25, -0.2) is 4.98 Å². The SMILES string of the molecule is Nc1nc(-c2ccc(C(F)(F)F)cc2)cc2cnccc12. The van der Waals surface area contributed by atoms with Crippen LogP contribution in [0.2, 0.25) is 0 Å². The second kappa shape index (κ2) is 4.73. The number of hydrogen-bond acceptors (Lipinski definition) is 3. The number of nitrogen functional groups attached to an aromatic ring is 1. The smallest absolute Gasteiger partial charge is 0.383 e. The van der Waals surface area contributed by atoms with Gasteiger partial charge in [-0.1, -0.05) is 12.1 Å². The molecule has 1 aromatic carbocycles. The van der Waals surface area contributed by atoms with Gasteiger partial charge in [0.1, 0.15) is 5.82 Å². The van der Waals surface area contributed by atoms with Gasteiger partial charge in [0.15, 0.2) is 0 Å². The number of nitrogens with zero attached hydrogens (tertiary/aromatic N) is 2. The molecule has 0 aliphatic heterocycles. The van der Waals surface area contributed by atoms with Crippen molar-refractivity contribution in [2.24, 2.45) is 0 Å². The summed E-state index contributed by atoms with van der Waals surface area (Å²) in [4.78, 5) is 8.24. The zero-order valence-electron chi connectivity index (χ0n) is 10.7. The molecule has 2 aromatic heterocycles. The second-order valence-electron chi connectivity index (χ2n) is 4.56. The lowest BCUT2D eigenvalue weighted by Crippen LogP contribution is -2.04. The Morgan fingerprint density at radius 3 is 2.38 bits per heavy atom. The van der Waals surface area contributed by atoms with Crippen LogP contribution < -0.4 is 5.73 Å². The summed E-state index contributed by atoms with van der Waals surface area (Å²) < 4.78 is 37.7. The Balaban J connectivity index is 2.08. The largest absolute Gasteiger partial charge is 0.416 e. The van der Waals surface area contributed by atoms with Crippen LogP contribution in [0.4, 0.5) is 19.0 Å². The minimum absolute atomic E-state index is 0.324. The molecule has 6 heteroatoms. The molecular formula is C15H10F3N3. The third kappa shape index (κ3) is 2.52. The summed E-state index contributed by atoms with van der Waals surface area (Å²) in [5.41, 5.74) is 6.27. The fraction of sp³-hybridized carbons (Fsp3) is 0.0667. The zero-order valence-corrected chi connectivity index (χ0v) is 10.7. The molecule has 0 unspecified atom stereocenters. The molecule has 3 nitrogen and oxygen atoms in total. The summed E-state index contributed by atoms with van der Waals surface area (Å²) in [6, 6.07) is 8.32. The number of aromatic nitrogens is 2. The van der Waals surface area contributed by atoms with Gasteiger partial charge in [0.25, 0.3) is 0 Å². The Morgan fingerprint density at radius 2 is 1.71 bits per heavy atom. The van der Waals surface area contributed by atoms with E-state index in [1.165, 1.54) is 12.1 Å². The maximum absolute atomic E-state index is 12.6. The molecule has 0 radical (unpaired) electrons. The Kier molecular flexibility index (Phi) is 3.01. The van der Waals surface area contributed by atoms with E-state index < -0.39 is 11.7 Å². The maximum Gasteiger partial charge on any atom is 0.416 e. The molecule has 3 rings (SSSR count). The van der Waals surface area contributed by atoms with Crippen LogP contribution in [0.3, 0.4) is 0 Å². The Labute approximate surface area is 118 Å². The van der Waals surface area contributed by atoms with Gasteiger partial charge >= 0.3 is 6.18 Å². The first-order chi connectivity index (χ1) is 9.95. The van der Waals surface area contributed by atoms with Crippen LogP contribution in [0.1, 0.15) is 5.56 Å². The summed E-state index contributed by atoms with van der Waals surface area (Å²) in [6.07, 6.45) is -1.10. The minimum atomic E-state index is -4.35. The van der Waals surface area contributed by atoms with Crippen molar-refractivity contribution < 1.29 is 13.2 Å². The number of benzene rings is 1. The molecular weight excluding hydrogens is 279 g/mol. The molecule has 0 aliphatic rings. The standard InChI is InChI=1S/C15H10F3N3/c16-15(17,18)11-3-1-9(2-4-11)13-7-10-8-20-6-5-12(10)14(19)21-13/h1-8H,(H2,19,21). The first-order valence-electron chi connectivity index (χ1n) is 6.13. The van der Waals surface area contributed by atoms with E-state index in [4.69, 9.17) is 5.73 Å². The summed E-state index contributed by atoms with van der Waals surface area (Å²) in [6.45, 7) is 0. The average Bonchev–Trinajstić information content (AvgIpc) is 2.46. The molecule has 21 heavy (non-hydrogen) atoms. The first-order valence-corrected chi connectivity index (χ1v) is 6.13. The van der Waals surface area contributed by atoms with Crippen molar-refractivity contribution in [3.63, 3.8) is 0 Å². The molecule has 2 N–H and O–H groups in total. The molecule has 0 atom stereocenters. The van der Waals surface area contributed by atoms with Crippen LogP contribution in [0.15, 0.2) is 48.8 Å². The van der Waals surface area contributed by atoms with E-state index in [-0.39, 0.29) is 0 Å². The van der Waals surface area contributed by atoms with E-state index >= 15 is 0 Å². The Hall–Kier alpha value is -2.63. The van der Waals surface area contributed by atoms with E-state index in [1.807, 2.05) is 0 Å². The van der Waals surface area contributed by atoms with Gasteiger partial charge in [-0.15, -0.1) is 0 Å². The van der Waals surface area contributed by atoms with Crippen molar-refractivity contribution >= 4 is 16.6 Å². The molecule has 0 aliphatic carbocycles. The molecule has 2 heterocycles. The lowest BCUT2D eigenvalue weighted by atomic mass is 10.1. The number of fused-ring (bicyclic) bond motifs is 1. The van der Waals surface area contributed by atoms with Crippen LogP contribution in [0.25, 0.3) is 22.0 Å². The van der Waals surface area contributed by atoms with Crippen LogP contribution in [0, 0.1) is 0 Å². The van der Waals surface area contributed by atoms with Crippen molar-refractivity contribution in [2.45, 2.75) is 6.18 Å². The van der Waals surface area contributed by atoms with Crippen molar-refractivity contribution in [3.05, 3.63) is 54.4 Å². The predicted octanol–water partition coefficient (Wildman–Crippen LogP) is 3.90. The van der Waals surface area contributed by atoms with Gasteiger partial charge in [0.05, 0.1) is 11.3 Å². The van der Waals surface area contributed by atoms with E-state index in [1.54, 1.807) is 24.5 Å². The van der Waals surface area contributed by atoms with Crippen molar-refractivity contribution in [2.75, 3.05) is 5.73 Å². The molecule has 3 aromatic rings. The molecule has 0 bridgehead atoms. The van der Waals surface area contributed by atoms with Crippen LogP contribution in [0.5, 0.6) is 0 Å². The van der Waals surface area contributed by atoms with E-state index in [0.29, 0.717) is 17.1 Å². The highest BCUT2D eigenvalue weighted by Crippen LogP contribution is 2.31. The van der Waals surface area contributed by atoms with Gasteiger partial charge in [-0.3, -0.25) is 4.98 Å². The summed E-state index contributed by atoms with van der Waals surface area (Å²) in [5, 5.41) is 1.56. The van der Waals surface area contributed by atoms with Crippen LogP contribution in [-0.2, 0) is 6.18 Å². The number of halogens is 3. The Morgan fingerprint density at radius 1 is 1.00 bits per heavy atom. The first kappa shape index (κ1) is 13.4. The number of hydrogen-bond donors (Lipinski definition) is 1. The minimum Gasteiger partial charge on any atom is -0.383 e. The highest BCUT2D eigenvalue weighted by molar-refractivity contribution is 5.92. The zero-order chi connectivity index (χ0) is 15.0. The molecule has 0 saturated carbocycles. The normalized spacial score (nSPS) is 11.8. The van der Waals surface area contributed by atoms with Gasteiger partial charge in [-0.05, 0) is 24.3 Å². The topological polar surface area (TPSA) is 51.8 Å². The van der Waals surface area contributed by atoms with Gasteiger partial charge in [0, 0.05) is 28.7 Å². The fourth-order valence-electron chi connectivity index (χ4n) is 2.10. The maximum atomic E-state index is 12.6. The number of alkyl halides is 3. The summed E-state index contributed by atoms with van der Waals surface area (Å²) in [5.74, 6) is 0.324. The number of nitrogens with two attached hydrogens (primary N) is 1.